The summed E-state index contributed by atoms with van der Waals surface area (Å²) in [6, 6.07) is 7.08. The van der Waals surface area contributed by atoms with E-state index in [2.05, 4.69) is 0 Å². The van der Waals surface area contributed by atoms with E-state index in [1.165, 1.54) is 0 Å². The molecule has 1 fully saturated rings. The highest BCUT2D eigenvalue weighted by molar-refractivity contribution is 5.91. The molecule has 0 aliphatic carbocycles. The largest absolute Gasteiger partial charge is 0.484 e. The summed E-state index contributed by atoms with van der Waals surface area (Å²) < 4.78 is 10.8. The van der Waals surface area contributed by atoms with Crippen LogP contribution in [0, 0.1) is 0 Å². The van der Waals surface area contributed by atoms with Gasteiger partial charge in [0.25, 0.3) is 5.91 Å². The summed E-state index contributed by atoms with van der Waals surface area (Å²) in [6.07, 6.45) is 6.71. The molecule has 6 nitrogen and oxygen atoms in total. The van der Waals surface area contributed by atoms with E-state index in [-0.39, 0.29) is 18.6 Å². The smallest absolute Gasteiger partial charge is 0.255 e. The first-order chi connectivity index (χ1) is 11.5. The van der Waals surface area contributed by atoms with Crippen molar-refractivity contribution in [1.29, 1.82) is 0 Å². The molecule has 1 saturated heterocycles. The van der Waals surface area contributed by atoms with E-state index in [4.69, 9.17) is 15.2 Å². The topological polar surface area (TPSA) is 81.9 Å². The molecule has 1 aromatic carbocycles. The molecule has 0 aromatic heterocycles. The normalized spacial score (nSPS) is 17.6. The fraction of sp³-hybridized carbons (Fsp3) is 0.444. The van der Waals surface area contributed by atoms with Crippen LogP contribution in [-0.2, 0) is 14.3 Å². The van der Waals surface area contributed by atoms with Crippen LogP contribution in [0.5, 0.6) is 5.75 Å². The van der Waals surface area contributed by atoms with Gasteiger partial charge in [-0.15, -0.1) is 0 Å². The van der Waals surface area contributed by atoms with E-state index in [1.54, 1.807) is 36.2 Å². The zero-order valence-corrected chi connectivity index (χ0v) is 13.9. The van der Waals surface area contributed by atoms with E-state index >= 15 is 0 Å². The number of hydrogen-bond acceptors (Lipinski definition) is 4. The van der Waals surface area contributed by atoms with E-state index in [0.717, 1.165) is 31.4 Å². The van der Waals surface area contributed by atoms with Crippen LogP contribution in [-0.4, -0.2) is 49.6 Å². The number of ether oxygens (including phenoxy) is 2. The molecule has 0 saturated carbocycles. The van der Waals surface area contributed by atoms with E-state index in [9.17, 15) is 9.59 Å². The van der Waals surface area contributed by atoms with Crippen LogP contribution in [0.1, 0.15) is 24.8 Å². The van der Waals surface area contributed by atoms with Crippen LogP contribution in [0.15, 0.2) is 30.3 Å². The molecule has 1 atom stereocenters. The Morgan fingerprint density at radius 1 is 1.33 bits per heavy atom. The van der Waals surface area contributed by atoms with Crippen molar-refractivity contribution < 1.29 is 19.1 Å². The van der Waals surface area contributed by atoms with Crippen LogP contribution >= 0.6 is 0 Å². The highest BCUT2D eigenvalue weighted by Gasteiger charge is 2.17. The van der Waals surface area contributed by atoms with Crippen molar-refractivity contribution in [1.82, 2.24) is 4.90 Å². The second kappa shape index (κ2) is 9.08. The quantitative estimate of drug-likeness (QED) is 0.769. The number of amides is 2. The second-order valence-corrected chi connectivity index (χ2v) is 5.86. The fourth-order valence-corrected chi connectivity index (χ4v) is 2.47. The number of carbonyl (C=O) groups excluding carboxylic acids is 2. The summed E-state index contributed by atoms with van der Waals surface area (Å²) in [6.45, 7) is 1.25. The molecule has 1 aromatic rings. The molecular weight excluding hydrogens is 308 g/mol. The second-order valence-electron chi connectivity index (χ2n) is 5.86. The summed E-state index contributed by atoms with van der Waals surface area (Å²) >= 11 is 0. The van der Waals surface area contributed by atoms with E-state index in [0.29, 0.717) is 12.3 Å². The zero-order chi connectivity index (χ0) is 17.4. The molecule has 2 rings (SSSR count). The zero-order valence-electron chi connectivity index (χ0n) is 13.9. The lowest BCUT2D eigenvalue weighted by Gasteiger charge is -2.26. The minimum absolute atomic E-state index is 0.0572. The number of carbonyl (C=O) groups is 2. The van der Waals surface area contributed by atoms with Crippen molar-refractivity contribution in [2.24, 2.45) is 5.73 Å². The van der Waals surface area contributed by atoms with Gasteiger partial charge in [0.1, 0.15) is 5.75 Å². The molecule has 6 heteroatoms. The molecule has 1 heterocycles. The maximum absolute atomic E-state index is 12.1. The van der Waals surface area contributed by atoms with Gasteiger partial charge in [0.05, 0.1) is 6.10 Å². The first-order valence-corrected chi connectivity index (χ1v) is 8.10. The third-order valence-electron chi connectivity index (χ3n) is 3.81. The molecule has 0 bridgehead atoms. The number of rotatable bonds is 7. The summed E-state index contributed by atoms with van der Waals surface area (Å²) in [5, 5.41) is 0. The summed E-state index contributed by atoms with van der Waals surface area (Å²) in [7, 11) is 1.78. The Hall–Kier alpha value is -2.34. The van der Waals surface area contributed by atoms with Crippen molar-refractivity contribution in [2.75, 3.05) is 26.8 Å². The van der Waals surface area contributed by atoms with Crippen molar-refractivity contribution in [3.63, 3.8) is 0 Å². The highest BCUT2D eigenvalue weighted by atomic mass is 16.5. The molecule has 0 unspecified atom stereocenters. The molecule has 2 N–H and O–H groups in total. The van der Waals surface area contributed by atoms with Gasteiger partial charge in [-0.3, -0.25) is 9.59 Å². The van der Waals surface area contributed by atoms with Crippen LogP contribution in [0.3, 0.4) is 0 Å². The van der Waals surface area contributed by atoms with Crippen molar-refractivity contribution in [2.45, 2.75) is 25.4 Å². The van der Waals surface area contributed by atoms with Gasteiger partial charge in [0.15, 0.2) is 6.61 Å². The Bertz CT molecular complexity index is 577. The number of nitrogens with zero attached hydrogens (tertiary/aromatic N) is 1. The minimum atomic E-state index is -0.519. The maximum Gasteiger partial charge on any atom is 0.255 e. The predicted molar refractivity (Wildman–Crippen MR) is 91.4 cm³/mol. The summed E-state index contributed by atoms with van der Waals surface area (Å²) in [4.78, 5) is 24.5. The molecule has 2 amide bonds. The Kier molecular flexibility index (Phi) is 6.81. The van der Waals surface area contributed by atoms with Crippen LogP contribution < -0.4 is 10.5 Å². The number of primary amides is 1. The molecule has 130 valence electrons. The first kappa shape index (κ1) is 18.0. The SMILES string of the molecule is CN(C[C@H]1CCCCO1)C(=O)/C=C\c1ccc(OCC(N)=O)cc1. The third kappa shape index (κ3) is 6.04. The maximum atomic E-state index is 12.1. The standard InChI is InChI=1S/C18H24N2O4/c1-20(12-16-4-2-3-11-23-16)18(22)10-7-14-5-8-15(9-6-14)24-13-17(19)21/h5-10,16H,2-4,11-13H2,1H3,(H2,19,21)/b10-7-/t16-/m1/s1. The minimum Gasteiger partial charge on any atom is -0.484 e. The third-order valence-corrected chi connectivity index (χ3v) is 3.81. The van der Waals surface area contributed by atoms with Crippen LogP contribution in [0.4, 0.5) is 0 Å². The molecule has 24 heavy (non-hydrogen) atoms. The van der Waals surface area contributed by atoms with Gasteiger partial charge < -0.3 is 20.1 Å². The lowest BCUT2D eigenvalue weighted by molar-refractivity contribution is -0.127. The first-order valence-electron chi connectivity index (χ1n) is 8.10. The Morgan fingerprint density at radius 2 is 2.08 bits per heavy atom. The van der Waals surface area contributed by atoms with Gasteiger partial charge in [0, 0.05) is 26.3 Å². The van der Waals surface area contributed by atoms with Crippen molar-refractivity contribution in [3.05, 3.63) is 35.9 Å². The molecule has 1 aliphatic rings. The molecule has 0 radical (unpaired) electrons. The average molecular weight is 332 g/mol. The van der Waals surface area contributed by atoms with E-state index < -0.39 is 5.91 Å². The summed E-state index contributed by atoms with van der Waals surface area (Å²) in [5.41, 5.74) is 5.89. The van der Waals surface area contributed by atoms with Crippen LogP contribution in [0.2, 0.25) is 0 Å². The monoisotopic (exact) mass is 332 g/mol. The van der Waals surface area contributed by atoms with Crippen molar-refractivity contribution >= 4 is 17.9 Å². The van der Waals surface area contributed by atoms with Crippen LogP contribution in [0.25, 0.3) is 6.08 Å². The van der Waals surface area contributed by atoms with Crippen molar-refractivity contribution in [3.8, 4) is 5.75 Å². The lowest BCUT2D eigenvalue weighted by atomic mass is 10.1. The Balaban J connectivity index is 1.82. The Morgan fingerprint density at radius 3 is 2.71 bits per heavy atom. The van der Waals surface area contributed by atoms with Gasteiger partial charge in [-0.2, -0.15) is 0 Å². The molecular formula is C18H24N2O4. The van der Waals surface area contributed by atoms with E-state index in [1.807, 2.05) is 12.1 Å². The number of nitrogens with two attached hydrogens (primary N) is 1. The molecule has 1 aliphatic heterocycles. The average Bonchev–Trinajstić information content (AvgIpc) is 2.59. The van der Waals surface area contributed by atoms with Gasteiger partial charge in [0.2, 0.25) is 5.91 Å². The highest BCUT2D eigenvalue weighted by Crippen LogP contribution is 2.15. The number of benzene rings is 1. The van der Waals surface area contributed by atoms with Gasteiger partial charge in [-0.25, -0.2) is 0 Å². The van der Waals surface area contributed by atoms with Gasteiger partial charge >= 0.3 is 0 Å². The Labute approximate surface area is 142 Å². The predicted octanol–water partition coefficient (Wildman–Crippen LogP) is 1.59. The van der Waals surface area contributed by atoms with Gasteiger partial charge in [-0.1, -0.05) is 12.1 Å². The van der Waals surface area contributed by atoms with Gasteiger partial charge in [-0.05, 0) is 43.0 Å². The fourth-order valence-electron chi connectivity index (χ4n) is 2.47. The summed E-state index contributed by atoms with van der Waals surface area (Å²) in [5.74, 6) is -0.0170. The molecule has 0 spiro atoms. The lowest BCUT2D eigenvalue weighted by Crippen LogP contribution is -2.36. The number of hydrogen-bond donors (Lipinski definition) is 1. The number of likely N-dealkylation sites (N-methyl/N-ethyl adjacent to an activating group) is 1.